The SMILES string of the molecule is O=C(O)c1ccsc1C(O)C1CCSC1. The van der Waals surface area contributed by atoms with Crippen molar-refractivity contribution in [3.63, 3.8) is 0 Å². The Morgan fingerprint density at radius 2 is 2.40 bits per heavy atom. The summed E-state index contributed by atoms with van der Waals surface area (Å²) < 4.78 is 0. The lowest BCUT2D eigenvalue weighted by atomic mass is 9.99. The fraction of sp³-hybridized carbons (Fsp3) is 0.500. The lowest BCUT2D eigenvalue weighted by Gasteiger charge is -2.16. The molecule has 2 N–H and O–H groups in total. The molecule has 1 aromatic heterocycles. The maximum atomic E-state index is 10.9. The largest absolute Gasteiger partial charge is 0.478 e. The highest BCUT2D eigenvalue weighted by Gasteiger charge is 2.28. The molecule has 15 heavy (non-hydrogen) atoms. The predicted octanol–water partition coefficient (Wildman–Crippen LogP) is 2.23. The monoisotopic (exact) mass is 244 g/mol. The van der Waals surface area contributed by atoms with E-state index >= 15 is 0 Å². The van der Waals surface area contributed by atoms with Crippen LogP contribution >= 0.6 is 23.1 Å². The smallest absolute Gasteiger partial charge is 0.336 e. The second-order valence-corrected chi connectivity index (χ2v) is 5.67. The lowest BCUT2D eigenvalue weighted by molar-refractivity contribution is 0.0684. The Balaban J connectivity index is 2.20. The lowest BCUT2D eigenvalue weighted by Crippen LogP contribution is -2.13. The van der Waals surface area contributed by atoms with Crippen LogP contribution in [0.1, 0.15) is 27.8 Å². The molecule has 2 rings (SSSR count). The molecule has 0 amide bonds. The highest BCUT2D eigenvalue weighted by atomic mass is 32.2. The van der Waals surface area contributed by atoms with Gasteiger partial charge in [-0.15, -0.1) is 11.3 Å². The Labute approximate surface area is 96.1 Å². The number of carboxylic acid groups (broad SMARTS) is 1. The average Bonchev–Trinajstić information content (AvgIpc) is 2.88. The van der Waals surface area contributed by atoms with Gasteiger partial charge in [0.15, 0.2) is 0 Å². The quantitative estimate of drug-likeness (QED) is 0.856. The predicted molar refractivity (Wildman–Crippen MR) is 61.7 cm³/mol. The highest BCUT2D eigenvalue weighted by Crippen LogP contribution is 2.37. The summed E-state index contributed by atoms with van der Waals surface area (Å²) in [4.78, 5) is 11.5. The fourth-order valence-electron chi connectivity index (χ4n) is 1.74. The first-order valence-corrected chi connectivity index (χ1v) is 6.80. The molecule has 2 atom stereocenters. The molecule has 1 aliphatic rings. The summed E-state index contributed by atoms with van der Waals surface area (Å²) >= 11 is 3.15. The molecule has 1 aliphatic heterocycles. The second-order valence-electron chi connectivity index (χ2n) is 3.57. The Bertz CT molecular complexity index is 355. The Morgan fingerprint density at radius 1 is 1.60 bits per heavy atom. The maximum Gasteiger partial charge on any atom is 0.336 e. The number of rotatable bonds is 3. The molecular weight excluding hydrogens is 232 g/mol. The normalized spacial score (nSPS) is 22.9. The van der Waals surface area contributed by atoms with Gasteiger partial charge in [-0.2, -0.15) is 11.8 Å². The Morgan fingerprint density at radius 3 is 3.00 bits per heavy atom. The standard InChI is InChI=1S/C10H12O3S2/c11-8(6-1-3-14-5-6)9-7(10(12)13)2-4-15-9/h2,4,6,8,11H,1,3,5H2,(H,12,13). The maximum absolute atomic E-state index is 10.9. The minimum Gasteiger partial charge on any atom is -0.478 e. The third kappa shape index (κ3) is 2.19. The van der Waals surface area contributed by atoms with E-state index in [9.17, 15) is 9.90 Å². The molecule has 3 nitrogen and oxygen atoms in total. The van der Waals surface area contributed by atoms with Crippen molar-refractivity contribution < 1.29 is 15.0 Å². The van der Waals surface area contributed by atoms with Crippen molar-refractivity contribution in [2.45, 2.75) is 12.5 Å². The van der Waals surface area contributed by atoms with Crippen molar-refractivity contribution in [1.82, 2.24) is 0 Å². The van der Waals surface area contributed by atoms with E-state index < -0.39 is 12.1 Å². The molecule has 0 aliphatic carbocycles. The van der Waals surface area contributed by atoms with Gasteiger partial charge in [0.25, 0.3) is 0 Å². The minimum atomic E-state index is -0.948. The van der Waals surface area contributed by atoms with Gasteiger partial charge < -0.3 is 10.2 Å². The molecule has 0 bridgehead atoms. The van der Waals surface area contributed by atoms with E-state index in [1.807, 2.05) is 11.8 Å². The molecule has 5 heteroatoms. The van der Waals surface area contributed by atoms with Gasteiger partial charge in [0.05, 0.1) is 11.7 Å². The Hall–Kier alpha value is -0.520. The number of thiophene rings is 1. The highest BCUT2D eigenvalue weighted by molar-refractivity contribution is 7.99. The number of thioether (sulfide) groups is 1. The number of hydrogen-bond acceptors (Lipinski definition) is 4. The zero-order chi connectivity index (χ0) is 10.8. The van der Waals surface area contributed by atoms with Crippen molar-refractivity contribution in [2.75, 3.05) is 11.5 Å². The van der Waals surface area contributed by atoms with Gasteiger partial charge in [0.1, 0.15) is 0 Å². The van der Waals surface area contributed by atoms with Crippen LogP contribution in [0.4, 0.5) is 0 Å². The first-order valence-electron chi connectivity index (χ1n) is 4.76. The number of hydrogen-bond donors (Lipinski definition) is 2. The van der Waals surface area contributed by atoms with E-state index in [1.54, 1.807) is 11.4 Å². The van der Waals surface area contributed by atoms with Crippen LogP contribution in [-0.2, 0) is 0 Å². The topological polar surface area (TPSA) is 57.5 Å². The molecule has 0 aromatic carbocycles. The zero-order valence-corrected chi connectivity index (χ0v) is 9.68. The minimum absolute atomic E-state index is 0.215. The zero-order valence-electron chi connectivity index (χ0n) is 8.05. The molecule has 82 valence electrons. The number of carbonyl (C=O) groups is 1. The molecule has 1 saturated heterocycles. The molecule has 2 heterocycles. The summed E-state index contributed by atoms with van der Waals surface area (Å²) in [6, 6.07) is 1.56. The van der Waals surface area contributed by atoms with Crippen molar-refractivity contribution in [2.24, 2.45) is 5.92 Å². The average molecular weight is 244 g/mol. The van der Waals surface area contributed by atoms with Crippen molar-refractivity contribution >= 4 is 29.1 Å². The van der Waals surface area contributed by atoms with Gasteiger partial charge in [-0.1, -0.05) is 0 Å². The molecule has 0 radical (unpaired) electrons. The summed E-state index contributed by atoms with van der Waals surface area (Å²) in [5.74, 6) is 1.26. The van der Waals surface area contributed by atoms with Gasteiger partial charge in [-0.25, -0.2) is 4.79 Å². The number of aromatic carboxylic acids is 1. The molecule has 1 fully saturated rings. The third-order valence-electron chi connectivity index (χ3n) is 2.61. The summed E-state index contributed by atoms with van der Waals surface area (Å²) in [5, 5.41) is 20.7. The van der Waals surface area contributed by atoms with Crippen LogP contribution in [0.2, 0.25) is 0 Å². The van der Waals surface area contributed by atoms with Gasteiger partial charge in [0, 0.05) is 4.88 Å². The first kappa shape index (κ1) is 11.0. The summed E-state index contributed by atoms with van der Waals surface area (Å²) in [6.07, 6.45) is 0.370. The second kappa shape index (κ2) is 4.55. The third-order valence-corrected chi connectivity index (χ3v) is 4.78. The molecular formula is C10H12O3S2. The van der Waals surface area contributed by atoms with Gasteiger partial charge in [0.2, 0.25) is 0 Å². The van der Waals surface area contributed by atoms with Crippen LogP contribution in [0.25, 0.3) is 0 Å². The van der Waals surface area contributed by atoms with Gasteiger partial charge in [-0.05, 0) is 35.3 Å². The van der Waals surface area contributed by atoms with Gasteiger partial charge >= 0.3 is 5.97 Å². The molecule has 0 saturated carbocycles. The van der Waals surface area contributed by atoms with E-state index in [0.717, 1.165) is 17.9 Å². The number of aliphatic hydroxyl groups is 1. The number of aliphatic hydroxyl groups excluding tert-OH is 1. The van der Waals surface area contributed by atoms with E-state index in [-0.39, 0.29) is 11.5 Å². The summed E-state index contributed by atoms with van der Waals surface area (Å²) in [5.41, 5.74) is 0.254. The molecule has 1 aromatic rings. The van der Waals surface area contributed by atoms with Crippen LogP contribution in [0.3, 0.4) is 0 Å². The van der Waals surface area contributed by atoms with Gasteiger partial charge in [-0.3, -0.25) is 0 Å². The van der Waals surface area contributed by atoms with Crippen molar-refractivity contribution in [1.29, 1.82) is 0 Å². The molecule has 0 spiro atoms. The van der Waals surface area contributed by atoms with Crippen LogP contribution < -0.4 is 0 Å². The summed E-state index contributed by atoms with van der Waals surface area (Å²) in [7, 11) is 0. The molecule has 2 unspecified atom stereocenters. The van der Waals surface area contributed by atoms with Crippen LogP contribution in [0, 0.1) is 5.92 Å². The van der Waals surface area contributed by atoms with E-state index in [2.05, 4.69) is 0 Å². The van der Waals surface area contributed by atoms with Crippen LogP contribution in [0.5, 0.6) is 0 Å². The van der Waals surface area contributed by atoms with Crippen LogP contribution in [0.15, 0.2) is 11.4 Å². The van der Waals surface area contributed by atoms with E-state index in [1.165, 1.54) is 11.3 Å². The Kier molecular flexibility index (Phi) is 3.33. The number of carboxylic acids is 1. The van der Waals surface area contributed by atoms with Crippen molar-refractivity contribution in [3.05, 3.63) is 21.9 Å². The van der Waals surface area contributed by atoms with Crippen LogP contribution in [-0.4, -0.2) is 27.7 Å². The first-order chi connectivity index (χ1) is 7.20. The van der Waals surface area contributed by atoms with Crippen molar-refractivity contribution in [3.8, 4) is 0 Å². The summed E-state index contributed by atoms with van der Waals surface area (Å²) in [6.45, 7) is 0. The van der Waals surface area contributed by atoms with E-state index in [0.29, 0.717) is 4.88 Å². The fourth-order valence-corrected chi connectivity index (χ4v) is 4.00. The van der Waals surface area contributed by atoms with E-state index in [4.69, 9.17) is 5.11 Å².